The SMILES string of the molecule is Cc1nc(Sc2ccc(/C(N)=N/O)cn2)n[nH]1. The largest absolute Gasteiger partial charge is 0.409 e. The van der Waals surface area contributed by atoms with E-state index in [0.717, 1.165) is 10.9 Å². The Hall–Kier alpha value is -2.09. The summed E-state index contributed by atoms with van der Waals surface area (Å²) >= 11 is 1.33. The Morgan fingerprint density at radius 3 is 2.88 bits per heavy atom. The molecule has 4 N–H and O–H groups in total. The number of aromatic nitrogens is 4. The zero-order valence-corrected chi connectivity index (χ0v) is 9.77. The van der Waals surface area contributed by atoms with Gasteiger partial charge in [-0.2, -0.15) is 0 Å². The number of aryl methyl sites for hydroxylation is 1. The first kappa shape index (κ1) is 11.4. The maximum atomic E-state index is 8.50. The van der Waals surface area contributed by atoms with Crippen LogP contribution in [0.25, 0.3) is 0 Å². The third-order valence-corrected chi connectivity index (χ3v) is 2.73. The second-order valence-corrected chi connectivity index (χ2v) is 4.16. The summed E-state index contributed by atoms with van der Waals surface area (Å²) < 4.78 is 0. The average Bonchev–Trinajstić information content (AvgIpc) is 2.75. The van der Waals surface area contributed by atoms with E-state index in [4.69, 9.17) is 10.9 Å². The third kappa shape index (κ3) is 2.72. The smallest absolute Gasteiger partial charge is 0.214 e. The van der Waals surface area contributed by atoms with Gasteiger partial charge in [-0.05, 0) is 30.8 Å². The van der Waals surface area contributed by atoms with Crippen molar-refractivity contribution in [2.45, 2.75) is 17.1 Å². The van der Waals surface area contributed by atoms with Crippen molar-refractivity contribution in [3.05, 3.63) is 29.7 Å². The fraction of sp³-hybridized carbons (Fsp3) is 0.111. The highest BCUT2D eigenvalue weighted by molar-refractivity contribution is 7.99. The number of hydrogen-bond acceptors (Lipinski definition) is 6. The van der Waals surface area contributed by atoms with Crippen LogP contribution >= 0.6 is 11.8 Å². The van der Waals surface area contributed by atoms with Crippen molar-refractivity contribution in [1.82, 2.24) is 20.2 Å². The molecule has 0 aliphatic rings. The van der Waals surface area contributed by atoms with E-state index in [0.29, 0.717) is 10.7 Å². The van der Waals surface area contributed by atoms with E-state index in [2.05, 4.69) is 25.3 Å². The van der Waals surface area contributed by atoms with Gasteiger partial charge in [0.25, 0.3) is 0 Å². The van der Waals surface area contributed by atoms with E-state index in [1.807, 2.05) is 6.92 Å². The van der Waals surface area contributed by atoms with Crippen LogP contribution in [0.4, 0.5) is 0 Å². The van der Waals surface area contributed by atoms with Crippen molar-refractivity contribution in [2.75, 3.05) is 0 Å². The Labute approximate surface area is 101 Å². The highest BCUT2D eigenvalue weighted by Gasteiger charge is 2.05. The third-order valence-electron chi connectivity index (χ3n) is 1.91. The minimum absolute atomic E-state index is 0.0304. The Kier molecular flexibility index (Phi) is 3.24. The summed E-state index contributed by atoms with van der Waals surface area (Å²) in [6.07, 6.45) is 1.52. The second kappa shape index (κ2) is 4.83. The summed E-state index contributed by atoms with van der Waals surface area (Å²) in [6, 6.07) is 3.47. The lowest BCUT2D eigenvalue weighted by Gasteiger charge is -1.99. The predicted molar refractivity (Wildman–Crippen MR) is 62.0 cm³/mol. The Balaban J connectivity index is 2.13. The Bertz CT molecular complexity index is 535. The van der Waals surface area contributed by atoms with Crippen LogP contribution in [0.15, 0.2) is 33.7 Å². The van der Waals surface area contributed by atoms with Crippen LogP contribution in [0.1, 0.15) is 11.4 Å². The van der Waals surface area contributed by atoms with Crippen molar-refractivity contribution in [1.29, 1.82) is 0 Å². The molecule has 7 nitrogen and oxygen atoms in total. The fourth-order valence-electron chi connectivity index (χ4n) is 1.11. The molecule has 0 spiro atoms. The number of nitrogens with two attached hydrogens (primary N) is 1. The predicted octanol–water partition coefficient (Wildman–Crippen LogP) is 0.754. The van der Waals surface area contributed by atoms with Crippen LogP contribution < -0.4 is 5.73 Å². The molecule has 2 aromatic rings. The molecule has 8 heteroatoms. The molecule has 0 bridgehead atoms. The van der Waals surface area contributed by atoms with Crippen LogP contribution in [0.2, 0.25) is 0 Å². The van der Waals surface area contributed by atoms with E-state index < -0.39 is 0 Å². The normalized spacial score (nSPS) is 11.7. The van der Waals surface area contributed by atoms with Crippen molar-refractivity contribution >= 4 is 17.6 Å². The summed E-state index contributed by atoms with van der Waals surface area (Å²) in [5, 5.41) is 19.5. The minimum atomic E-state index is 0.0304. The van der Waals surface area contributed by atoms with Crippen molar-refractivity contribution < 1.29 is 5.21 Å². The molecule has 0 saturated heterocycles. The van der Waals surface area contributed by atoms with E-state index >= 15 is 0 Å². The van der Waals surface area contributed by atoms with Gasteiger partial charge < -0.3 is 10.9 Å². The first-order chi connectivity index (χ1) is 8.19. The molecule has 0 aromatic carbocycles. The molecule has 88 valence electrons. The highest BCUT2D eigenvalue weighted by Crippen LogP contribution is 2.21. The number of amidine groups is 1. The van der Waals surface area contributed by atoms with Crippen LogP contribution in [-0.4, -0.2) is 31.2 Å². The average molecular weight is 250 g/mol. The summed E-state index contributed by atoms with van der Waals surface area (Å²) in [4.78, 5) is 8.30. The van der Waals surface area contributed by atoms with Gasteiger partial charge >= 0.3 is 0 Å². The summed E-state index contributed by atoms with van der Waals surface area (Å²) in [5.74, 6) is 0.781. The number of pyridine rings is 1. The van der Waals surface area contributed by atoms with Crippen molar-refractivity contribution in [3.8, 4) is 0 Å². The molecule has 0 aliphatic carbocycles. The molecular weight excluding hydrogens is 240 g/mol. The minimum Gasteiger partial charge on any atom is -0.409 e. The standard InChI is InChI=1S/C9H10N6OS/c1-5-12-9(14-13-5)17-7-3-2-6(4-11-7)8(10)15-16/h2-4,16H,1H3,(H2,10,15)(H,12,13,14). The molecule has 0 aliphatic heterocycles. The number of aromatic amines is 1. The lowest BCUT2D eigenvalue weighted by molar-refractivity contribution is 0.318. The molecule has 0 saturated carbocycles. The molecule has 17 heavy (non-hydrogen) atoms. The highest BCUT2D eigenvalue weighted by atomic mass is 32.2. The topological polar surface area (TPSA) is 113 Å². The molecule has 2 heterocycles. The Morgan fingerprint density at radius 1 is 1.53 bits per heavy atom. The molecular formula is C9H10N6OS. The summed E-state index contributed by atoms with van der Waals surface area (Å²) in [5.41, 5.74) is 5.98. The van der Waals surface area contributed by atoms with E-state index in [-0.39, 0.29) is 5.84 Å². The second-order valence-electron chi connectivity index (χ2n) is 3.18. The van der Waals surface area contributed by atoms with Gasteiger partial charge in [0, 0.05) is 11.8 Å². The van der Waals surface area contributed by atoms with Gasteiger partial charge in [-0.3, -0.25) is 5.10 Å². The van der Waals surface area contributed by atoms with Gasteiger partial charge in [0.15, 0.2) is 5.84 Å². The van der Waals surface area contributed by atoms with Gasteiger partial charge in [0.1, 0.15) is 10.9 Å². The van der Waals surface area contributed by atoms with Crippen LogP contribution in [0, 0.1) is 6.92 Å². The van der Waals surface area contributed by atoms with Gasteiger partial charge in [-0.15, -0.1) is 5.10 Å². The monoisotopic (exact) mass is 250 g/mol. The number of nitrogens with one attached hydrogen (secondary N) is 1. The summed E-state index contributed by atoms with van der Waals surface area (Å²) in [6.45, 7) is 1.83. The molecule has 0 amide bonds. The molecule has 0 fully saturated rings. The first-order valence-electron chi connectivity index (χ1n) is 4.70. The molecule has 0 atom stereocenters. The maximum absolute atomic E-state index is 8.50. The van der Waals surface area contributed by atoms with Crippen molar-refractivity contribution in [2.24, 2.45) is 10.9 Å². The lowest BCUT2D eigenvalue weighted by Crippen LogP contribution is -2.13. The van der Waals surface area contributed by atoms with Gasteiger partial charge in [0.2, 0.25) is 5.16 Å². The zero-order chi connectivity index (χ0) is 12.3. The van der Waals surface area contributed by atoms with Gasteiger partial charge in [-0.1, -0.05) is 5.16 Å². The first-order valence-corrected chi connectivity index (χ1v) is 5.51. The molecule has 2 rings (SSSR count). The number of H-pyrrole nitrogens is 1. The number of nitrogens with zero attached hydrogens (tertiary/aromatic N) is 4. The van der Waals surface area contributed by atoms with E-state index in [1.165, 1.54) is 18.0 Å². The number of oxime groups is 1. The van der Waals surface area contributed by atoms with Crippen LogP contribution in [0.5, 0.6) is 0 Å². The number of rotatable bonds is 3. The molecule has 0 radical (unpaired) electrons. The maximum Gasteiger partial charge on any atom is 0.214 e. The van der Waals surface area contributed by atoms with Gasteiger partial charge in [-0.25, -0.2) is 9.97 Å². The van der Waals surface area contributed by atoms with Crippen molar-refractivity contribution in [3.63, 3.8) is 0 Å². The van der Waals surface area contributed by atoms with E-state index in [9.17, 15) is 0 Å². The fourth-order valence-corrected chi connectivity index (χ4v) is 1.81. The molecule has 0 unspecified atom stereocenters. The van der Waals surface area contributed by atoms with Crippen LogP contribution in [0.3, 0.4) is 0 Å². The zero-order valence-electron chi connectivity index (χ0n) is 8.95. The number of hydrogen-bond donors (Lipinski definition) is 3. The lowest BCUT2D eigenvalue weighted by atomic mass is 10.3. The Morgan fingerprint density at radius 2 is 2.35 bits per heavy atom. The van der Waals surface area contributed by atoms with Gasteiger partial charge in [0.05, 0.1) is 0 Å². The van der Waals surface area contributed by atoms with Crippen LogP contribution in [-0.2, 0) is 0 Å². The quantitative estimate of drug-likeness (QED) is 0.321. The summed E-state index contributed by atoms with van der Waals surface area (Å²) in [7, 11) is 0. The molecule has 2 aromatic heterocycles. The van der Waals surface area contributed by atoms with E-state index in [1.54, 1.807) is 12.1 Å².